The zero-order chi connectivity index (χ0) is 25.3. The van der Waals surface area contributed by atoms with E-state index < -0.39 is 15.1 Å². The second kappa shape index (κ2) is 10.1. The summed E-state index contributed by atoms with van der Waals surface area (Å²) in [6.07, 6.45) is 4.82. The number of nitrogens with one attached hydrogen (secondary N) is 2. The summed E-state index contributed by atoms with van der Waals surface area (Å²) in [7, 11) is -2.37. The van der Waals surface area contributed by atoms with Gasteiger partial charge in [-0.3, -0.25) is 0 Å². The van der Waals surface area contributed by atoms with Crippen LogP contribution in [0.1, 0.15) is 21.3 Å². The van der Waals surface area contributed by atoms with Gasteiger partial charge < -0.3 is 15.0 Å². The molecule has 0 aliphatic rings. The Morgan fingerprint density at radius 2 is 1.92 bits per heavy atom. The van der Waals surface area contributed by atoms with E-state index in [4.69, 9.17) is 27.9 Å². The van der Waals surface area contributed by atoms with Gasteiger partial charge >= 0.3 is 0 Å². The number of pyridine rings is 2. The predicted octanol–water partition coefficient (Wildman–Crippen LogP) is 5.91. The van der Waals surface area contributed by atoms with E-state index in [9.17, 15) is 8.42 Å². The molecule has 0 spiro atoms. The van der Waals surface area contributed by atoms with Crippen LogP contribution in [0.25, 0.3) is 11.0 Å². The van der Waals surface area contributed by atoms with Crippen LogP contribution in [0.4, 0.5) is 5.13 Å². The van der Waals surface area contributed by atoms with Gasteiger partial charge in [0.05, 0.1) is 21.9 Å². The number of fused-ring (bicyclic) bond motifs is 1. The number of ether oxygens (including phenoxy) is 1. The lowest BCUT2D eigenvalue weighted by Gasteiger charge is -2.16. The number of hydrogen-bond donors (Lipinski definition) is 2. The number of benzene rings is 1. The van der Waals surface area contributed by atoms with E-state index in [1.165, 1.54) is 17.5 Å². The summed E-state index contributed by atoms with van der Waals surface area (Å²) in [6, 6.07) is 13.6. The first kappa shape index (κ1) is 24.5. The van der Waals surface area contributed by atoms with Crippen LogP contribution < -0.4 is 10.1 Å². The Morgan fingerprint density at radius 3 is 2.64 bits per heavy atom. The van der Waals surface area contributed by atoms with Crippen molar-refractivity contribution in [3.63, 3.8) is 0 Å². The lowest BCUT2D eigenvalue weighted by Crippen LogP contribution is -2.14. The lowest BCUT2D eigenvalue weighted by atomic mass is 10.1. The maximum Gasteiger partial charge on any atom is 0.212 e. The molecule has 8 nitrogen and oxygen atoms in total. The second-order valence-corrected chi connectivity index (χ2v) is 11.6. The molecule has 0 amide bonds. The molecule has 0 saturated heterocycles. The van der Waals surface area contributed by atoms with Crippen molar-refractivity contribution < 1.29 is 13.2 Å². The first-order chi connectivity index (χ1) is 17.4. The van der Waals surface area contributed by atoms with Crippen molar-refractivity contribution in [3.05, 3.63) is 93.3 Å². The molecule has 5 rings (SSSR count). The SMILES string of the molecule is COc1ccc(CNc2nc(Cl)c(C(c3c[nH]c4ncc(Cl)cc34)S(=O)(=O)c3ccccc3)s2)cn1. The van der Waals surface area contributed by atoms with Crippen LogP contribution in [0.5, 0.6) is 5.88 Å². The van der Waals surface area contributed by atoms with Crippen LogP contribution in [0.15, 0.2) is 72.0 Å². The maximum absolute atomic E-state index is 14.0. The van der Waals surface area contributed by atoms with Crippen LogP contribution in [-0.4, -0.2) is 35.5 Å². The number of aromatic amines is 1. The zero-order valence-corrected chi connectivity index (χ0v) is 21.9. The summed E-state index contributed by atoms with van der Waals surface area (Å²) in [4.78, 5) is 16.5. The van der Waals surface area contributed by atoms with Gasteiger partial charge in [0.2, 0.25) is 5.88 Å². The minimum absolute atomic E-state index is 0.101. The van der Waals surface area contributed by atoms with Gasteiger partial charge in [0.15, 0.2) is 15.0 Å². The van der Waals surface area contributed by atoms with Gasteiger partial charge in [0, 0.05) is 42.2 Å². The molecule has 0 radical (unpaired) electrons. The molecular formula is C24H19Cl2N5O3S2. The highest BCUT2D eigenvalue weighted by Crippen LogP contribution is 2.44. The summed E-state index contributed by atoms with van der Waals surface area (Å²) in [5.41, 5.74) is 1.91. The first-order valence-corrected chi connectivity index (χ1v) is 13.8. The minimum Gasteiger partial charge on any atom is -0.481 e. The zero-order valence-electron chi connectivity index (χ0n) is 18.8. The third-order valence-electron chi connectivity index (χ3n) is 5.49. The van der Waals surface area contributed by atoms with Gasteiger partial charge in [0.1, 0.15) is 16.1 Å². The maximum atomic E-state index is 14.0. The third kappa shape index (κ3) is 4.77. The van der Waals surface area contributed by atoms with E-state index in [0.717, 1.165) is 5.56 Å². The Labute approximate surface area is 221 Å². The van der Waals surface area contributed by atoms with E-state index in [-0.39, 0.29) is 10.0 Å². The molecule has 0 bridgehead atoms. The van der Waals surface area contributed by atoms with E-state index in [0.29, 0.717) is 44.1 Å². The normalized spacial score (nSPS) is 12.5. The van der Waals surface area contributed by atoms with Crippen LogP contribution in [0, 0.1) is 0 Å². The topological polar surface area (TPSA) is 110 Å². The molecule has 4 aromatic heterocycles. The summed E-state index contributed by atoms with van der Waals surface area (Å²) in [5.74, 6) is 0.514. The number of nitrogens with zero attached hydrogens (tertiary/aromatic N) is 3. The average Bonchev–Trinajstić information content (AvgIpc) is 3.46. The molecule has 36 heavy (non-hydrogen) atoms. The van der Waals surface area contributed by atoms with Gasteiger partial charge in [-0.2, -0.15) is 0 Å². The van der Waals surface area contributed by atoms with E-state index in [1.807, 2.05) is 6.07 Å². The number of thiazole rings is 1. The number of sulfone groups is 1. The highest BCUT2D eigenvalue weighted by atomic mass is 35.5. The van der Waals surface area contributed by atoms with Crippen LogP contribution in [0.2, 0.25) is 10.2 Å². The standard InChI is InChI=1S/C24H19Cl2N5O3S2/c1-34-19-8-7-14(10-27-19)11-30-24-31-22(26)20(35-24)21(36(32,33)16-5-3-2-4-6-16)18-13-29-23-17(18)9-15(25)12-28-23/h2-10,12-13,21H,11H2,1H3,(H,28,29)(H,30,31). The molecule has 0 saturated carbocycles. The van der Waals surface area contributed by atoms with Gasteiger partial charge in [0.25, 0.3) is 0 Å². The van der Waals surface area contributed by atoms with Crippen molar-refractivity contribution in [2.45, 2.75) is 16.7 Å². The number of rotatable bonds is 8. The van der Waals surface area contributed by atoms with E-state index in [2.05, 4.69) is 25.3 Å². The van der Waals surface area contributed by atoms with E-state index in [1.54, 1.807) is 62.0 Å². The lowest BCUT2D eigenvalue weighted by molar-refractivity contribution is 0.397. The van der Waals surface area contributed by atoms with Gasteiger partial charge in [-0.25, -0.2) is 23.4 Å². The molecule has 1 aromatic carbocycles. The molecule has 2 N–H and O–H groups in total. The molecule has 5 aromatic rings. The third-order valence-corrected chi connectivity index (χ3v) is 9.37. The van der Waals surface area contributed by atoms with Gasteiger partial charge in [-0.15, -0.1) is 0 Å². The molecule has 0 aliphatic carbocycles. The van der Waals surface area contributed by atoms with Crippen molar-refractivity contribution in [3.8, 4) is 5.88 Å². The Morgan fingerprint density at radius 1 is 1.11 bits per heavy atom. The molecular weight excluding hydrogens is 541 g/mol. The summed E-state index contributed by atoms with van der Waals surface area (Å²) in [5, 5.41) is 3.64. The molecule has 0 aliphatic heterocycles. The van der Waals surface area contributed by atoms with Crippen molar-refractivity contribution in [2.24, 2.45) is 0 Å². The number of halogens is 2. The number of anilines is 1. The second-order valence-electron chi connectivity index (χ2n) is 7.77. The number of H-pyrrole nitrogens is 1. The quantitative estimate of drug-likeness (QED) is 0.243. The Kier molecular flexibility index (Phi) is 6.85. The van der Waals surface area contributed by atoms with Gasteiger partial charge in [-0.05, 0) is 23.8 Å². The van der Waals surface area contributed by atoms with Crippen molar-refractivity contribution in [2.75, 3.05) is 12.4 Å². The van der Waals surface area contributed by atoms with Gasteiger partial charge in [-0.1, -0.05) is 58.8 Å². The molecule has 184 valence electrons. The molecule has 4 heterocycles. The van der Waals surface area contributed by atoms with E-state index >= 15 is 0 Å². The summed E-state index contributed by atoms with van der Waals surface area (Å²) in [6.45, 7) is 0.420. The monoisotopic (exact) mass is 559 g/mol. The highest BCUT2D eigenvalue weighted by Gasteiger charge is 2.36. The van der Waals surface area contributed by atoms with Crippen molar-refractivity contribution in [1.29, 1.82) is 0 Å². The Balaban J connectivity index is 1.57. The molecule has 1 atom stereocenters. The van der Waals surface area contributed by atoms with Crippen molar-refractivity contribution in [1.82, 2.24) is 19.9 Å². The molecule has 0 fully saturated rings. The number of aromatic nitrogens is 4. The summed E-state index contributed by atoms with van der Waals surface area (Å²) >= 11 is 13.9. The fourth-order valence-electron chi connectivity index (χ4n) is 3.78. The molecule has 12 heteroatoms. The fraction of sp³-hybridized carbons (Fsp3) is 0.125. The fourth-order valence-corrected chi connectivity index (χ4v) is 7.47. The number of hydrogen-bond acceptors (Lipinski definition) is 8. The largest absolute Gasteiger partial charge is 0.481 e. The number of methoxy groups -OCH3 is 1. The smallest absolute Gasteiger partial charge is 0.212 e. The Hall–Kier alpha value is -3.18. The average molecular weight is 560 g/mol. The first-order valence-electron chi connectivity index (χ1n) is 10.7. The Bertz CT molecular complexity index is 1620. The molecule has 1 unspecified atom stereocenters. The summed E-state index contributed by atoms with van der Waals surface area (Å²) < 4.78 is 33.0. The van der Waals surface area contributed by atoms with Crippen LogP contribution >= 0.6 is 34.5 Å². The van der Waals surface area contributed by atoms with Crippen LogP contribution in [-0.2, 0) is 16.4 Å². The predicted molar refractivity (Wildman–Crippen MR) is 142 cm³/mol. The van der Waals surface area contributed by atoms with Crippen LogP contribution in [0.3, 0.4) is 0 Å². The minimum atomic E-state index is -3.92. The van der Waals surface area contributed by atoms with Crippen molar-refractivity contribution >= 4 is 60.5 Å². The highest BCUT2D eigenvalue weighted by molar-refractivity contribution is 7.92.